The zero-order chi connectivity index (χ0) is 27.8. The van der Waals surface area contributed by atoms with E-state index in [1.165, 1.54) is 6.42 Å². The number of carbonyl (C=O) groups excluding carboxylic acids is 1. The molecule has 4 heterocycles. The molecule has 6 rings (SSSR count). The monoisotopic (exact) mass is 539 g/mol. The Labute approximate surface area is 235 Å². The predicted molar refractivity (Wildman–Crippen MR) is 156 cm³/mol. The van der Waals surface area contributed by atoms with Gasteiger partial charge in [-0.25, -0.2) is 4.68 Å². The molecule has 1 amide bonds. The molecule has 3 atom stereocenters. The van der Waals surface area contributed by atoms with Crippen molar-refractivity contribution in [1.29, 1.82) is 0 Å². The maximum Gasteiger partial charge on any atom is 0.252 e. The minimum Gasteiger partial charge on any atom is -0.366 e. The zero-order valence-electron chi connectivity index (χ0n) is 23.6. The van der Waals surface area contributed by atoms with Crippen LogP contribution in [0.15, 0.2) is 61.1 Å². The first-order valence-electron chi connectivity index (χ1n) is 14.0. The molecule has 0 saturated carbocycles. The van der Waals surface area contributed by atoms with Gasteiger partial charge in [-0.2, -0.15) is 10.2 Å². The summed E-state index contributed by atoms with van der Waals surface area (Å²) in [4.78, 5) is 16.1. The summed E-state index contributed by atoms with van der Waals surface area (Å²) in [5.41, 5.74) is 7.70. The van der Waals surface area contributed by atoms with Crippen LogP contribution in [0.1, 0.15) is 47.8 Å². The number of rotatable bonds is 9. The van der Waals surface area contributed by atoms with Crippen molar-refractivity contribution in [3.05, 3.63) is 77.7 Å². The number of nitrogens with one attached hydrogen (secondary N) is 2. The van der Waals surface area contributed by atoms with E-state index < -0.39 is 0 Å². The average Bonchev–Trinajstić information content (AvgIpc) is 3.78. The summed E-state index contributed by atoms with van der Waals surface area (Å²) in [6, 6.07) is 15.5. The van der Waals surface area contributed by atoms with E-state index in [9.17, 15) is 4.79 Å². The maximum absolute atomic E-state index is 13.6. The fraction of sp³-hybridized carbons (Fsp3) is 0.387. The molecule has 208 valence electrons. The molecule has 2 N–H and O–H groups in total. The van der Waals surface area contributed by atoms with Crippen LogP contribution in [-0.4, -0.2) is 57.8 Å². The Hall–Kier alpha value is -3.95. The molecule has 9 heteroatoms. The van der Waals surface area contributed by atoms with Crippen molar-refractivity contribution in [3.8, 4) is 22.4 Å². The van der Waals surface area contributed by atoms with Crippen LogP contribution in [0.25, 0.3) is 22.4 Å². The second-order valence-corrected chi connectivity index (χ2v) is 10.9. The third-order valence-electron chi connectivity index (χ3n) is 8.15. The van der Waals surface area contributed by atoms with Crippen molar-refractivity contribution in [2.45, 2.75) is 58.6 Å². The Kier molecular flexibility index (Phi) is 7.16. The summed E-state index contributed by atoms with van der Waals surface area (Å²) in [5.74, 6) is -0.0653. The number of aryl methyl sites for hydroxylation is 2. The highest BCUT2D eigenvalue weighted by molar-refractivity contribution is 5.97. The van der Waals surface area contributed by atoms with Crippen LogP contribution in [-0.2, 0) is 18.0 Å². The molecule has 2 aliphatic heterocycles. The van der Waals surface area contributed by atoms with Gasteiger partial charge in [-0.3, -0.25) is 9.48 Å². The minimum atomic E-state index is -0.219. The number of ether oxygens (including phenoxy) is 1. The van der Waals surface area contributed by atoms with Crippen molar-refractivity contribution < 1.29 is 9.53 Å². The van der Waals surface area contributed by atoms with Crippen LogP contribution < -0.4 is 15.5 Å². The molecule has 4 aromatic rings. The minimum absolute atomic E-state index is 0.0653. The molecular formula is C31H37N7O2. The van der Waals surface area contributed by atoms with Gasteiger partial charge in [0.05, 0.1) is 17.9 Å². The standard InChI is InChI=1S/C31H37N7O2/c1-5-36-9-8-30(35-36)24-11-22(10-23(12-24)25-15-33-37(17-25)19-40-4)21(3)34-31(39)29-14-27(7-6-20(29)2)38-18-26-13-28(38)16-32-26/h6-12,14-15,17,21,26,28,32H,5,13,16,18-19H2,1-4H3,(H,34,39)/t21-,26-,28-/m1/s1. The zero-order valence-corrected chi connectivity index (χ0v) is 23.6. The number of hydrogen-bond acceptors (Lipinski definition) is 6. The molecule has 9 nitrogen and oxygen atoms in total. The number of fused-ring (bicyclic) bond motifs is 2. The van der Waals surface area contributed by atoms with Gasteiger partial charge in [0.25, 0.3) is 5.91 Å². The van der Waals surface area contributed by atoms with Gasteiger partial charge in [-0.05, 0) is 80.3 Å². The summed E-state index contributed by atoms with van der Waals surface area (Å²) < 4.78 is 8.91. The molecule has 0 aliphatic carbocycles. The lowest BCUT2D eigenvalue weighted by molar-refractivity contribution is 0.0939. The number of methoxy groups -OCH3 is 1. The van der Waals surface area contributed by atoms with E-state index in [0.29, 0.717) is 18.8 Å². The third-order valence-corrected chi connectivity index (χ3v) is 8.15. The topological polar surface area (TPSA) is 89.2 Å². The highest BCUT2D eigenvalue weighted by Crippen LogP contribution is 2.32. The van der Waals surface area contributed by atoms with Gasteiger partial charge >= 0.3 is 0 Å². The van der Waals surface area contributed by atoms with Crippen LogP contribution in [0.3, 0.4) is 0 Å². The van der Waals surface area contributed by atoms with Crippen LogP contribution in [0.5, 0.6) is 0 Å². The lowest BCUT2D eigenvalue weighted by Crippen LogP contribution is -2.43. The first kappa shape index (κ1) is 26.3. The van der Waals surface area contributed by atoms with E-state index in [0.717, 1.165) is 64.4 Å². The van der Waals surface area contributed by atoms with Gasteiger partial charge in [0.1, 0.15) is 6.73 Å². The lowest BCUT2D eigenvalue weighted by atomic mass is 9.96. The summed E-state index contributed by atoms with van der Waals surface area (Å²) in [7, 11) is 1.65. The maximum atomic E-state index is 13.6. The number of piperazine rings is 1. The Balaban J connectivity index is 1.29. The fourth-order valence-electron chi connectivity index (χ4n) is 5.89. The SMILES string of the molecule is CCn1ccc(-c2cc(-c3cnn(COC)c3)cc([C@@H](C)NC(=O)c3cc(N4C[C@H]5C[C@@H]4CN5)ccc3C)c2)n1. The molecule has 2 bridgehead atoms. The number of aromatic nitrogens is 4. The highest BCUT2D eigenvalue weighted by atomic mass is 16.5. The third kappa shape index (κ3) is 5.14. The van der Waals surface area contributed by atoms with Crippen molar-refractivity contribution in [3.63, 3.8) is 0 Å². The van der Waals surface area contributed by atoms with E-state index in [2.05, 4.69) is 64.0 Å². The molecule has 2 saturated heterocycles. The first-order valence-corrected chi connectivity index (χ1v) is 14.0. The quantitative estimate of drug-likeness (QED) is 0.328. The van der Waals surface area contributed by atoms with Gasteiger partial charge in [-0.1, -0.05) is 6.07 Å². The normalized spacial score (nSPS) is 18.9. The average molecular weight is 540 g/mol. The largest absolute Gasteiger partial charge is 0.366 e. The van der Waals surface area contributed by atoms with E-state index in [-0.39, 0.29) is 11.9 Å². The van der Waals surface area contributed by atoms with Gasteiger partial charge < -0.3 is 20.3 Å². The first-order chi connectivity index (χ1) is 19.4. The number of amides is 1. The Bertz CT molecular complexity index is 1520. The van der Waals surface area contributed by atoms with Crippen LogP contribution in [0.2, 0.25) is 0 Å². The summed E-state index contributed by atoms with van der Waals surface area (Å²) >= 11 is 0. The summed E-state index contributed by atoms with van der Waals surface area (Å²) in [6.45, 7) is 9.30. The van der Waals surface area contributed by atoms with Crippen LogP contribution in [0, 0.1) is 6.92 Å². The number of benzene rings is 2. The highest BCUT2D eigenvalue weighted by Gasteiger charge is 2.37. The number of hydrogen-bond donors (Lipinski definition) is 2. The molecule has 2 aliphatic rings. The molecule has 2 fully saturated rings. The molecule has 40 heavy (non-hydrogen) atoms. The van der Waals surface area contributed by atoms with E-state index in [1.54, 1.807) is 11.8 Å². The predicted octanol–water partition coefficient (Wildman–Crippen LogP) is 4.39. The Morgan fingerprint density at radius 3 is 2.73 bits per heavy atom. The van der Waals surface area contributed by atoms with E-state index >= 15 is 0 Å². The smallest absolute Gasteiger partial charge is 0.252 e. The Morgan fingerprint density at radius 2 is 2.00 bits per heavy atom. The summed E-state index contributed by atoms with van der Waals surface area (Å²) in [6.07, 6.45) is 6.97. The molecular weight excluding hydrogens is 502 g/mol. The van der Waals surface area contributed by atoms with Crippen LogP contribution in [0.4, 0.5) is 5.69 Å². The van der Waals surface area contributed by atoms with Crippen molar-refractivity contribution in [2.24, 2.45) is 0 Å². The van der Waals surface area contributed by atoms with Crippen molar-refractivity contribution >= 4 is 11.6 Å². The number of anilines is 1. The van der Waals surface area contributed by atoms with Gasteiger partial charge in [-0.15, -0.1) is 0 Å². The second kappa shape index (κ2) is 10.9. The van der Waals surface area contributed by atoms with Crippen molar-refractivity contribution in [1.82, 2.24) is 30.2 Å². The van der Waals surface area contributed by atoms with Gasteiger partial charge in [0, 0.05) is 73.6 Å². The van der Waals surface area contributed by atoms with Crippen LogP contribution >= 0.6 is 0 Å². The van der Waals surface area contributed by atoms with Gasteiger partial charge in [0.2, 0.25) is 0 Å². The molecule has 0 spiro atoms. The van der Waals surface area contributed by atoms with E-state index in [4.69, 9.17) is 9.84 Å². The lowest BCUT2D eigenvalue weighted by Gasteiger charge is -2.30. The number of nitrogens with zero attached hydrogens (tertiary/aromatic N) is 5. The molecule has 0 unspecified atom stereocenters. The summed E-state index contributed by atoms with van der Waals surface area (Å²) in [5, 5.41) is 16.0. The van der Waals surface area contributed by atoms with Gasteiger partial charge in [0.15, 0.2) is 0 Å². The van der Waals surface area contributed by atoms with Crippen molar-refractivity contribution in [2.75, 3.05) is 25.1 Å². The Morgan fingerprint density at radius 1 is 1.15 bits per heavy atom. The second-order valence-electron chi connectivity index (χ2n) is 10.9. The fourth-order valence-corrected chi connectivity index (χ4v) is 5.89. The molecule has 0 radical (unpaired) electrons. The molecule has 2 aromatic heterocycles. The molecule has 2 aromatic carbocycles. The number of carbonyl (C=O) groups is 1. The van der Waals surface area contributed by atoms with E-state index in [1.807, 2.05) is 43.2 Å².